The molecule has 242 valence electrons. The summed E-state index contributed by atoms with van der Waals surface area (Å²) in [6.45, 7) is 6.86. The van der Waals surface area contributed by atoms with Crippen LogP contribution >= 0.6 is 23.1 Å². The molecule has 0 bridgehead atoms. The average Bonchev–Trinajstić information content (AvgIpc) is 3.49. The Morgan fingerprint density at radius 1 is 1.15 bits per heavy atom. The molecule has 3 aromatic rings. The molecule has 0 aliphatic carbocycles. The molecule has 0 spiro atoms. The molecule has 5 rings (SSSR count). The van der Waals surface area contributed by atoms with Crippen molar-refractivity contribution in [2.45, 2.75) is 57.0 Å². The molecule has 1 saturated heterocycles. The number of carbonyl (C=O) groups excluding carboxylic acids is 4. The smallest absolute Gasteiger partial charge is 0.409 e. The Hall–Kier alpha value is -4.40. The fourth-order valence-electron chi connectivity index (χ4n) is 4.98. The van der Waals surface area contributed by atoms with Crippen molar-refractivity contribution in [1.82, 2.24) is 20.5 Å². The maximum atomic E-state index is 13.9. The largest absolute Gasteiger partial charge is 0.497 e. The molecule has 4 N–H and O–H groups in total. The molecule has 1 aromatic heterocycles. The lowest BCUT2D eigenvalue weighted by Crippen LogP contribution is -2.74. The van der Waals surface area contributed by atoms with Crippen LogP contribution in [0.2, 0.25) is 0 Å². The summed E-state index contributed by atoms with van der Waals surface area (Å²) < 4.78 is 16.9. The molecule has 2 aliphatic rings. The van der Waals surface area contributed by atoms with E-state index in [-0.39, 0.29) is 17.9 Å². The molecule has 2 aromatic carbocycles. The van der Waals surface area contributed by atoms with E-state index < -0.39 is 46.6 Å². The minimum atomic E-state index is -2.10. The van der Waals surface area contributed by atoms with Crippen molar-refractivity contribution in [3.05, 3.63) is 82.5 Å². The van der Waals surface area contributed by atoms with Gasteiger partial charge in [-0.25, -0.2) is 14.6 Å². The van der Waals surface area contributed by atoms with E-state index in [1.165, 1.54) is 28.0 Å². The molecule has 0 radical (unpaired) electrons. The Bertz CT molecular complexity index is 1730. The lowest BCUT2D eigenvalue weighted by Gasteiger charge is -2.50. The number of hydrogen-bond donors (Lipinski definition) is 3. The van der Waals surface area contributed by atoms with Gasteiger partial charge in [0.2, 0.25) is 0 Å². The van der Waals surface area contributed by atoms with Crippen LogP contribution in [0.5, 0.6) is 5.75 Å². The predicted molar refractivity (Wildman–Crippen MR) is 175 cm³/mol. The minimum Gasteiger partial charge on any atom is -0.497 e. The highest BCUT2D eigenvalue weighted by atomic mass is 32.2. The Morgan fingerprint density at radius 3 is 2.57 bits per heavy atom. The molecule has 3 atom stereocenters. The highest BCUT2D eigenvalue weighted by Gasteiger charge is 2.55. The van der Waals surface area contributed by atoms with Crippen molar-refractivity contribution in [3.63, 3.8) is 0 Å². The first-order chi connectivity index (χ1) is 21.8. The number of nitrogens with two attached hydrogens (primary N) is 1. The number of allylic oxidation sites excluding steroid dienone is 2. The molecule has 14 heteroatoms. The summed E-state index contributed by atoms with van der Waals surface area (Å²) in [5, 5.41) is 4.63. The summed E-state index contributed by atoms with van der Waals surface area (Å²) in [4.78, 5) is 59.4. The number of fused-ring (bicyclic) bond motifs is 2. The van der Waals surface area contributed by atoms with Crippen LogP contribution in [-0.2, 0) is 36.1 Å². The summed E-state index contributed by atoms with van der Waals surface area (Å²) in [5.41, 5.74) is 7.82. The van der Waals surface area contributed by atoms with Gasteiger partial charge in [0.25, 0.3) is 11.8 Å². The van der Waals surface area contributed by atoms with Crippen molar-refractivity contribution in [2.75, 3.05) is 12.9 Å². The van der Waals surface area contributed by atoms with Crippen molar-refractivity contribution in [3.8, 4) is 5.75 Å². The number of methoxy groups -OCH3 is 1. The molecular formula is C32H35N5O7S2. The average molecular weight is 666 g/mol. The zero-order valence-corrected chi connectivity index (χ0v) is 27.6. The van der Waals surface area contributed by atoms with Crippen LogP contribution in [0.1, 0.15) is 38.8 Å². The second kappa shape index (κ2) is 13.1. The maximum Gasteiger partial charge on any atom is 0.409 e. The molecule has 46 heavy (non-hydrogen) atoms. The second-order valence-electron chi connectivity index (χ2n) is 11.6. The van der Waals surface area contributed by atoms with Gasteiger partial charge in [-0.1, -0.05) is 30.4 Å². The van der Waals surface area contributed by atoms with Gasteiger partial charge in [-0.2, -0.15) is 0 Å². The van der Waals surface area contributed by atoms with E-state index in [1.807, 2.05) is 6.92 Å². The molecule has 2 aliphatic heterocycles. The van der Waals surface area contributed by atoms with Gasteiger partial charge in [-0.15, -0.1) is 23.1 Å². The third-order valence-corrected chi connectivity index (χ3v) is 9.31. The number of β-lactam (4-membered cyclic amide) rings is 1. The number of thioether (sulfide) groups is 1. The molecule has 3 heterocycles. The Balaban J connectivity index is 1.36. The van der Waals surface area contributed by atoms with E-state index in [4.69, 9.17) is 19.9 Å². The van der Waals surface area contributed by atoms with E-state index in [0.29, 0.717) is 22.6 Å². The quantitative estimate of drug-likeness (QED) is 0.174. The highest BCUT2D eigenvalue weighted by molar-refractivity contribution is 8.00. The van der Waals surface area contributed by atoms with Crippen LogP contribution in [-0.4, -0.2) is 63.6 Å². The molecule has 0 saturated carbocycles. The third kappa shape index (κ3) is 6.73. The topological polar surface area (TPSA) is 162 Å². The Morgan fingerprint density at radius 2 is 1.89 bits per heavy atom. The highest BCUT2D eigenvalue weighted by Crippen LogP contribution is 2.41. The SMILES string of the molecule is CC=CC1=C(C(=O)OCc2ccc(OC)cc2)N2C(=O)C(NC(=O)C(N)(NC(=O)OC(C)(C)C)c3ccc4ncsc4c3)[C@@H]2SC1. The van der Waals surface area contributed by atoms with Crippen LogP contribution < -0.4 is 21.1 Å². The van der Waals surface area contributed by atoms with E-state index in [1.54, 1.807) is 88.0 Å². The number of amides is 3. The monoisotopic (exact) mass is 665 g/mol. The number of nitrogens with zero attached hydrogens (tertiary/aromatic N) is 2. The fraction of sp³-hybridized carbons (Fsp3) is 0.344. The number of rotatable bonds is 9. The van der Waals surface area contributed by atoms with E-state index in [9.17, 15) is 19.2 Å². The molecule has 2 unspecified atom stereocenters. The van der Waals surface area contributed by atoms with Crippen molar-refractivity contribution in [2.24, 2.45) is 5.73 Å². The van der Waals surface area contributed by atoms with Crippen molar-refractivity contribution < 1.29 is 33.4 Å². The van der Waals surface area contributed by atoms with Crippen LogP contribution in [0.3, 0.4) is 0 Å². The van der Waals surface area contributed by atoms with Gasteiger partial charge in [-0.05, 0) is 63.1 Å². The van der Waals surface area contributed by atoms with E-state index in [0.717, 1.165) is 10.3 Å². The molecule has 12 nitrogen and oxygen atoms in total. The minimum absolute atomic E-state index is 0.00835. The van der Waals surface area contributed by atoms with Gasteiger partial charge >= 0.3 is 12.1 Å². The summed E-state index contributed by atoms with van der Waals surface area (Å²) in [5.74, 6) is -0.935. The maximum absolute atomic E-state index is 13.9. The molecule has 1 fully saturated rings. The first-order valence-corrected chi connectivity index (χ1v) is 16.3. The summed E-state index contributed by atoms with van der Waals surface area (Å²) >= 11 is 2.73. The lowest BCUT2D eigenvalue weighted by atomic mass is 9.96. The second-order valence-corrected chi connectivity index (χ2v) is 13.6. The number of alkyl carbamates (subject to hydrolysis) is 1. The van der Waals surface area contributed by atoms with Crippen LogP contribution in [0, 0.1) is 0 Å². The Labute approximate surface area is 274 Å². The zero-order valence-electron chi connectivity index (χ0n) is 26.0. The lowest BCUT2D eigenvalue weighted by molar-refractivity contribution is -0.154. The zero-order chi connectivity index (χ0) is 33.2. The number of thiazole rings is 1. The van der Waals surface area contributed by atoms with Gasteiger partial charge in [0.1, 0.15) is 35.1 Å². The van der Waals surface area contributed by atoms with Crippen LogP contribution in [0.15, 0.2) is 71.4 Å². The molecular weight excluding hydrogens is 631 g/mol. The number of nitrogens with one attached hydrogen (secondary N) is 2. The van der Waals surface area contributed by atoms with Gasteiger partial charge in [0.15, 0.2) is 5.66 Å². The number of esters is 1. The van der Waals surface area contributed by atoms with E-state index in [2.05, 4.69) is 15.6 Å². The van der Waals surface area contributed by atoms with E-state index >= 15 is 0 Å². The summed E-state index contributed by atoms with van der Waals surface area (Å²) in [6.07, 6.45) is 2.63. The van der Waals surface area contributed by atoms with Crippen molar-refractivity contribution in [1.29, 1.82) is 0 Å². The Kier molecular flexibility index (Phi) is 9.42. The first kappa shape index (κ1) is 33.0. The van der Waals surface area contributed by atoms with Gasteiger partial charge in [0, 0.05) is 11.3 Å². The third-order valence-electron chi connectivity index (χ3n) is 7.22. The van der Waals surface area contributed by atoms with Gasteiger partial charge in [-0.3, -0.25) is 25.5 Å². The number of benzene rings is 2. The standard InChI is InChI=1S/C32H35N5O7S2/c1-6-7-19-16-45-27-24(26(38)37(27)25(19)28(39)43-15-18-8-11-21(42-5)12-9-18)35-29(40)32(33,36-30(41)44-31(2,3)4)20-10-13-22-23(14-20)46-17-34-22/h6-14,17,24,27H,15-16,33H2,1-5H3,(H,35,40)(H,36,41)/t24?,27-,32?/m0/s1. The fourth-order valence-corrected chi connectivity index (χ4v) is 7.02. The number of hydrogen-bond acceptors (Lipinski definition) is 11. The first-order valence-electron chi connectivity index (χ1n) is 14.4. The van der Waals surface area contributed by atoms with Crippen molar-refractivity contribution >= 4 is 57.2 Å². The predicted octanol–water partition coefficient (Wildman–Crippen LogP) is 3.91. The normalized spacial score (nSPS) is 19.3. The number of carbonyl (C=O) groups is 4. The van der Waals surface area contributed by atoms with Gasteiger partial charge in [0.05, 0.1) is 22.8 Å². The summed E-state index contributed by atoms with van der Waals surface area (Å²) in [6, 6.07) is 11.0. The van der Waals surface area contributed by atoms with Crippen LogP contribution in [0.25, 0.3) is 10.2 Å². The molecule has 3 amide bonds. The number of aromatic nitrogens is 1. The van der Waals surface area contributed by atoms with Crippen LogP contribution in [0.4, 0.5) is 4.79 Å². The number of ether oxygens (including phenoxy) is 3. The summed E-state index contributed by atoms with van der Waals surface area (Å²) in [7, 11) is 1.56. The van der Waals surface area contributed by atoms with Gasteiger partial charge < -0.3 is 19.5 Å².